The maximum Gasteiger partial charge on any atom is 0.338 e. The number of aromatic nitrogens is 1. The molecule has 0 aliphatic carbocycles. The van der Waals surface area contributed by atoms with Crippen LogP contribution in [0.25, 0.3) is 6.08 Å². The van der Waals surface area contributed by atoms with Gasteiger partial charge in [0.1, 0.15) is 5.75 Å². The van der Waals surface area contributed by atoms with E-state index >= 15 is 0 Å². The molecule has 0 N–H and O–H groups in total. The molecule has 0 spiro atoms. The molecular formula is C25H21BrN2O5S. The van der Waals surface area contributed by atoms with Crippen LogP contribution in [0.1, 0.15) is 37.9 Å². The first kappa shape index (κ1) is 23.8. The summed E-state index contributed by atoms with van der Waals surface area (Å²) >= 11 is 4.63. The molecule has 0 fully saturated rings. The van der Waals surface area contributed by atoms with Gasteiger partial charge in [-0.25, -0.2) is 9.79 Å². The standard InChI is InChI=1S/C25H21BrN2O5S/c1-4-32-24(31)21-14(2)27-25-28(22(21)16-8-6-5-7-9-16)23(30)20(34-25)13-17-12-18(26)10-11-19(17)33-15(3)29/h5-13,22H,4H2,1-3H3/b20-13-. The second kappa shape index (κ2) is 9.90. The van der Waals surface area contributed by atoms with Crippen LogP contribution in [0.3, 0.4) is 0 Å². The molecule has 1 aliphatic heterocycles. The summed E-state index contributed by atoms with van der Waals surface area (Å²) in [4.78, 5) is 43.1. The van der Waals surface area contributed by atoms with Crippen LogP contribution in [-0.2, 0) is 14.3 Å². The Morgan fingerprint density at radius 1 is 1.21 bits per heavy atom. The first-order valence-corrected chi connectivity index (χ1v) is 12.1. The fourth-order valence-electron chi connectivity index (χ4n) is 3.76. The average Bonchev–Trinajstić information content (AvgIpc) is 3.09. The maximum atomic E-state index is 13.6. The van der Waals surface area contributed by atoms with Crippen LogP contribution in [0.5, 0.6) is 5.75 Å². The smallest absolute Gasteiger partial charge is 0.338 e. The van der Waals surface area contributed by atoms with Crippen LogP contribution in [0, 0.1) is 0 Å². The van der Waals surface area contributed by atoms with E-state index in [0.717, 1.165) is 10.0 Å². The quantitative estimate of drug-likeness (QED) is 0.365. The monoisotopic (exact) mass is 540 g/mol. The van der Waals surface area contributed by atoms with Crippen molar-refractivity contribution in [2.45, 2.75) is 26.8 Å². The van der Waals surface area contributed by atoms with Crippen LogP contribution in [0.2, 0.25) is 0 Å². The van der Waals surface area contributed by atoms with Crippen LogP contribution in [0.4, 0.5) is 0 Å². The first-order valence-electron chi connectivity index (χ1n) is 10.5. The minimum atomic E-state index is -0.672. The molecule has 7 nitrogen and oxygen atoms in total. The highest BCUT2D eigenvalue weighted by Crippen LogP contribution is 2.30. The van der Waals surface area contributed by atoms with E-state index in [1.165, 1.54) is 22.8 Å². The van der Waals surface area contributed by atoms with Gasteiger partial charge in [-0.05, 0) is 43.7 Å². The van der Waals surface area contributed by atoms with Gasteiger partial charge in [0.15, 0.2) is 4.80 Å². The van der Waals surface area contributed by atoms with E-state index < -0.39 is 18.0 Å². The van der Waals surface area contributed by atoms with Crippen molar-refractivity contribution >= 4 is 45.3 Å². The number of fused-ring (bicyclic) bond motifs is 1. The predicted octanol–water partition coefficient (Wildman–Crippen LogP) is 3.49. The molecule has 1 aromatic heterocycles. The third kappa shape index (κ3) is 4.67. The van der Waals surface area contributed by atoms with Gasteiger partial charge in [-0.3, -0.25) is 14.2 Å². The minimum absolute atomic E-state index is 0.212. The lowest BCUT2D eigenvalue weighted by atomic mass is 9.96. The number of benzene rings is 2. The number of carbonyl (C=O) groups is 2. The van der Waals surface area contributed by atoms with Gasteiger partial charge < -0.3 is 9.47 Å². The lowest BCUT2D eigenvalue weighted by Crippen LogP contribution is -2.39. The van der Waals surface area contributed by atoms with Gasteiger partial charge in [0.2, 0.25) is 0 Å². The summed E-state index contributed by atoms with van der Waals surface area (Å²) in [6, 6.07) is 13.8. The molecule has 4 rings (SSSR count). The number of hydrogen-bond donors (Lipinski definition) is 0. The lowest BCUT2D eigenvalue weighted by molar-refractivity contribution is -0.139. The van der Waals surface area contributed by atoms with Crippen molar-refractivity contribution in [3.63, 3.8) is 0 Å². The van der Waals surface area contributed by atoms with Gasteiger partial charge in [-0.2, -0.15) is 0 Å². The summed E-state index contributed by atoms with van der Waals surface area (Å²) in [7, 11) is 0. The highest BCUT2D eigenvalue weighted by Gasteiger charge is 2.33. The fourth-order valence-corrected chi connectivity index (χ4v) is 5.18. The molecule has 2 heterocycles. The lowest BCUT2D eigenvalue weighted by Gasteiger charge is -2.24. The molecule has 9 heteroatoms. The number of esters is 2. The predicted molar refractivity (Wildman–Crippen MR) is 132 cm³/mol. The van der Waals surface area contributed by atoms with Crippen molar-refractivity contribution in [2.24, 2.45) is 4.99 Å². The Bertz CT molecular complexity index is 1490. The molecule has 0 saturated heterocycles. The number of carbonyl (C=O) groups excluding carboxylic acids is 2. The van der Waals surface area contributed by atoms with E-state index in [2.05, 4.69) is 20.9 Å². The number of allylic oxidation sites excluding steroid dienone is 1. The van der Waals surface area contributed by atoms with E-state index in [9.17, 15) is 14.4 Å². The number of ether oxygens (including phenoxy) is 2. The summed E-state index contributed by atoms with van der Waals surface area (Å²) in [5.41, 5.74) is 1.86. The van der Waals surface area contributed by atoms with Gasteiger partial charge >= 0.3 is 11.9 Å². The molecule has 0 radical (unpaired) electrons. The molecule has 1 unspecified atom stereocenters. The number of thiazole rings is 1. The molecule has 0 bridgehead atoms. The largest absolute Gasteiger partial charge is 0.463 e. The Labute approximate surface area is 207 Å². The zero-order chi connectivity index (χ0) is 24.4. The normalized spacial score (nSPS) is 15.5. The zero-order valence-corrected chi connectivity index (χ0v) is 21.1. The van der Waals surface area contributed by atoms with Crippen molar-refractivity contribution in [1.29, 1.82) is 0 Å². The summed E-state index contributed by atoms with van der Waals surface area (Å²) in [6.45, 7) is 5.01. The third-order valence-electron chi connectivity index (χ3n) is 5.14. The van der Waals surface area contributed by atoms with Gasteiger partial charge in [0, 0.05) is 17.0 Å². The van der Waals surface area contributed by atoms with Gasteiger partial charge in [-0.15, -0.1) is 0 Å². The van der Waals surface area contributed by atoms with E-state index in [1.807, 2.05) is 30.3 Å². The molecular weight excluding hydrogens is 520 g/mol. The number of nitrogens with zero attached hydrogens (tertiary/aromatic N) is 2. The molecule has 0 amide bonds. The topological polar surface area (TPSA) is 87.0 Å². The molecule has 34 heavy (non-hydrogen) atoms. The van der Waals surface area contributed by atoms with Gasteiger partial charge in [0.25, 0.3) is 5.56 Å². The SMILES string of the molecule is CCOC(=O)C1=C(C)N=c2s/c(=C\c3cc(Br)ccc3OC(C)=O)c(=O)n2C1c1ccccc1. The molecule has 1 aliphatic rings. The summed E-state index contributed by atoms with van der Waals surface area (Å²) < 4.78 is 13.3. The molecule has 2 aromatic carbocycles. The second-order valence-electron chi connectivity index (χ2n) is 7.49. The number of rotatable bonds is 5. The van der Waals surface area contributed by atoms with Crippen LogP contribution in [0.15, 0.2) is 74.1 Å². The maximum absolute atomic E-state index is 13.6. The number of halogens is 1. The summed E-state index contributed by atoms with van der Waals surface area (Å²) in [5.74, 6) is -0.627. The molecule has 0 saturated carbocycles. The van der Waals surface area contributed by atoms with E-state index in [1.54, 1.807) is 38.1 Å². The van der Waals surface area contributed by atoms with Gasteiger partial charge in [0.05, 0.1) is 28.5 Å². The summed E-state index contributed by atoms with van der Waals surface area (Å²) in [6.07, 6.45) is 1.66. The van der Waals surface area contributed by atoms with Crippen molar-refractivity contribution in [2.75, 3.05) is 6.61 Å². The fraction of sp³-hybridized carbons (Fsp3) is 0.200. The minimum Gasteiger partial charge on any atom is -0.463 e. The third-order valence-corrected chi connectivity index (χ3v) is 6.62. The van der Waals surface area contributed by atoms with Crippen LogP contribution < -0.4 is 19.6 Å². The van der Waals surface area contributed by atoms with E-state index in [0.29, 0.717) is 31.9 Å². The van der Waals surface area contributed by atoms with Gasteiger partial charge in [-0.1, -0.05) is 57.6 Å². The van der Waals surface area contributed by atoms with E-state index in [4.69, 9.17) is 9.47 Å². The Kier molecular flexibility index (Phi) is 6.95. The zero-order valence-electron chi connectivity index (χ0n) is 18.7. The molecule has 1 atom stereocenters. The number of hydrogen-bond acceptors (Lipinski definition) is 7. The van der Waals surface area contributed by atoms with Crippen molar-refractivity contribution < 1.29 is 19.1 Å². The highest BCUT2D eigenvalue weighted by molar-refractivity contribution is 9.10. The second-order valence-corrected chi connectivity index (χ2v) is 9.41. The first-order chi connectivity index (χ1) is 16.3. The Morgan fingerprint density at radius 3 is 2.62 bits per heavy atom. The Morgan fingerprint density at radius 2 is 1.94 bits per heavy atom. The molecule has 174 valence electrons. The highest BCUT2D eigenvalue weighted by atomic mass is 79.9. The van der Waals surface area contributed by atoms with Crippen LogP contribution in [-0.4, -0.2) is 23.1 Å². The summed E-state index contributed by atoms with van der Waals surface area (Å²) in [5, 5.41) is 0. The Hall–Kier alpha value is -3.30. The van der Waals surface area contributed by atoms with E-state index in [-0.39, 0.29) is 12.2 Å². The van der Waals surface area contributed by atoms with Crippen molar-refractivity contribution in [3.8, 4) is 5.75 Å². The van der Waals surface area contributed by atoms with Crippen LogP contribution >= 0.6 is 27.3 Å². The Balaban J connectivity index is 1.95. The average molecular weight is 541 g/mol. The van der Waals surface area contributed by atoms with Crippen molar-refractivity contribution in [3.05, 3.63) is 95.1 Å². The van der Waals surface area contributed by atoms with Crippen molar-refractivity contribution in [1.82, 2.24) is 4.57 Å². The molecule has 3 aromatic rings.